The molecule has 0 unspecified atom stereocenters. The number of hydrogen-bond donors (Lipinski definition) is 5. The molecule has 12 nitrogen and oxygen atoms in total. The normalized spacial score (nSPS) is 7.68. The van der Waals surface area contributed by atoms with E-state index in [1.165, 1.54) is 6.33 Å². The Morgan fingerprint density at radius 1 is 1.09 bits per heavy atom. The summed E-state index contributed by atoms with van der Waals surface area (Å²) in [6.45, 7) is 2.06. The SMILES string of the molecule is CCOC(N)=O.NC(=O)C(N)=O.c1cc[nH]c1.c1nnn[nH]1. The Balaban J connectivity index is 0. The van der Waals surface area contributed by atoms with Crippen molar-refractivity contribution in [1.82, 2.24) is 25.6 Å². The van der Waals surface area contributed by atoms with Gasteiger partial charge in [-0.25, -0.2) is 9.89 Å². The molecule has 2 rings (SSSR count). The van der Waals surface area contributed by atoms with Gasteiger partial charge >= 0.3 is 17.9 Å². The van der Waals surface area contributed by atoms with Crippen LogP contribution < -0.4 is 17.2 Å². The van der Waals surface area contributed by atoms with Crippen LogP contribution in [0.4, 0.5) is 4.79 Å². The van der Waals surface area contributed by atoms with E-state index in [0.717, 1.165) is 0 Å². The predicted molar refractivity (Wildman–Crippen MR) is 74.6 cm³/mol. The molecular formula is C10H18N8O4. The van der Waals surface area contributed by atoms with Crippen LogP contribution in [0, 0.1) is 0 Å². The van der Waals surface area contributed by atoms with Crippen LogP contribution in [-0.2, 0) is 14.3 Å². The highest BCUT2D eigenvalue weighted by Gasteiger charge is 1.96. The Bertz CT molecular complexity index is 412. The van der Waals surface area contributed by atoms with Gasteiger partial charge in [0.25, 0.3) is 0 Å². The van der Waals surface area contributed by atoms with E-state index in [0.29, 0.717) is 6.61 Å². The molecule has 12 heteroatoms. The molecule has 0 saturated carbocycles. The van der Waals surface area contributed by atoms with Crippen molar-refractivity contribution < 1.29 is 19.1 Å². The van der Waals surface area contributed by atoms with Gasteiger partial charge in [0.15, 0.2) is 0 Å². The van der Waals surface area contributed by atoms with Crippen molar-refractivity contribution in [2.45, 2.75) is 6.92 Å². The van der Waals surface area contributed by atoms with E-state index in [1.807, 2.05) is 24.5 Å². The number of amides is 3. The van der Waals surface area contributed by atoms with Crippen LogP contribution in [0.25, 0.3) is 0 Å². The minimum absolute atomic E-state index is 0.356. The highest BCUT2D eigenvalue weighted by molar-refractivity contribution is 6.33. The number of hydrogen-bond acceptors (Lipinski definition) is 7. The van der Waals surface area contributed by atoms with Gasteiger partial charge in [-0.05, 0) is 29.5 Å². The van der Waals surface area contributed by atoms with Crippen LogP contribution >= 0.6 is 0 Å². The number of nitrogens with two attached hydrogens (primary N) is 3. The van der Waals surface area contributed by atoms with E-state index in [-0.39, 0.29) is 0 Å². The molecule has 0 saturated heterocycles. The predicted octanol–water partition coefficient (Wildman–Crippen LogP) is -1.73. The van der Waals surface area contributed by atoms with Gasteiger partial charge in [0.2, 0.25) is 0 Å². The van der Waals surface area contributed by atoms with Crippen molar-refractivity contribution in [3.63, 3.8) is 0 Å². The minimum Gasteiger partial charge on any atom is -0.450 e. The van der Waals surface area contributed by atoms with Gasteiger partial charge in [0, 0.05) is 12.4 Å². The Labute approximate surface area is 125 Å². The zero-order valence-corrected chi connectivity index (χ0v) is 11.8. The maximum atomic E-state index is 9.60. The van der Waals surface area contributed by atoms with Crippen molar-refractivity contribution in [2.75, 3.05) is 6.61 Å². The lowest BCUT2D eigenvalue weighted by atomic mass is 10.6. The summed E-state index contributed by atoms with van der Waals surface area (Å²) in [5.41, 5.74) is 13.2. The first-order chi connectivity index (χ1) is 10.4. The van der Waals surface area contributed by atoms with Gasteiger partial charge in [-0.1, -0.05) is 0 Å². The number of primary amides is 3. The molecule has 2 heterocycles. The van der Waals surface area contributed by atoms with Gasteiger partial charge in [0.1, 0.15) is 6.33 Å². The van der Waals surface area contributed by atoms with E-state index in [2.05, 4.69) is 47.5 Å². The highest BCUT2D eigenvalue weighted by Crippen LogP contribution is 1.72. The minimum atomic E-state index is -1.10. The number of ether oxygens (including phenoxy) is 1. The molecule has 0 aromatic carbocycles. The highest BCUT2D eigenvalue weighted by atomic mass is 16.5. The summed E-state index contributed by atoms with van der Waals surface area (Å²) in [7, 11) is 0. The molecule has 0 bridgehead atoms. The average Bonchev–Trinajstić information content (AvgIpc) is 3.18. The Morgan fingerprint density at radius 2 is 1.64 bits per heavy atom. The first-order valence-corrected chi connectivity index (χ1v) is 5.68. The summed E-state index contributed by atoms with van der Waals surface area (Å²) in [4.78, 5) is 31.4. The summed E-state index contributed by atoms with van der Waals surface area (Å²) in [6, 6.07) is 3.89. The zero-order valence-electron chi connectivity index (χ0n) is 11.8. The molecule has 22 heavy (non-hydrogen) atoms. The number of H-pyrrole nitrogens is 2. The van der Waals surface area contributed by atoms with Crippen LogP contribution in [0.15, 0.2) is 30.9 Å². The fraction of sp³-hybridized carbons (Fsp3) is 0.200. The molecule has 2 aromatic heterocycles. The topological polar surface area (TPSA) is 209 Å². The summed E-state index contributed by atoms with van der Waals surface area (Å²) in [6.07, 6.45) is 4.44. The summed E-state index contributed by atoms with van der Waals surface area (Å²) in [5.74, 6) is -2.20. The molecule has 122 valence electrons. The number of nitrogens with zero attached hydrogens (tertiary/aromatic N) is 3. The largest absolute Gasteiger partial charge is 0.450 e. The fourth-order valence-corrected chi connectivity index (χ4v) is 0.549. The number of tetrazole rings is 1. The number of rotatable bonds is 1. The quantitative estimate of drug-likeness (QED) is 0.383. The lowest BCUT2D eigenvalue weighted by Crippen LogP contribution is -2.29. The third-order valence-corrected chi connectivity index (χ3v) is 1.30. The molecule has 0 aliphatic carbocycles. The van der Waals surface area contributed by atoms with E-state index < -0.39 is 17.9 Å². The van der Waals surface area contributed by atoms with Crippen molar-refractivity contribution in [2.24, 2.45) is 17.2 Å². The van der Waals surface area contributed by atoms with Gasteiger partial charge in [-0.15, -0.1) is 5.10 Å². The third-order valence-electron chi connectivity index (χ3n) is 1.30. The smallest absolute Gasteiger partial charge is 0.404 e. The van der Waals surface area contributed by atoms with Crippen molar-refractivity contribution in [1.29, 1.82) is 0 Å². The van der Waals surface area contributed by atoms with Crippen LogP contribution in [0.2, 0.25) is 0 Å². The average molecular weight is 314 g/mol. The van der Waals surface area contributed by atoms with Crippen molar-refractivity contribution in [3.05, 3.63) is 30.9 Å². The van der Waals surface area contributed by atoms with Crippen LogP contribution in [0.1, 0.15) is 6.92 Å². The molecule has 0 radical (unpaired) electrons. The monoisotopic (exact) mass is 314 g/mol. The lowest BCUT2D eigenvalue weighted by Gasteiger charge is -1.89. The number of aromatic amines is 2. The van der Waals surface area contributed by atoms with Crippen LogP contribution in [0.5, 0.6) is 0 Å². The Morgan fingerprint density at radius 3 is 1.73 bits per heavy atom. The molecule has 3 amide bonds. The molecule has 2 aromatic rings. The van der Waals surface area contributed by atoms with Gasteiger partial charge in [0.05, 0.1) is 6.61 Å². The van der Waals surface area contributed by atoms with Gasteiger partial charge in [-0.2, -0.15) is 0 Å². The van der Waals surface area contributed by atoms with Gasteiger partial charge in [-0.3, -0.25) is 9.59 Å². The lowest BCUT2D eigenvalue weighted by molar-refractivity contribution is -0.135. The molecule has 0 spiro atoms. The second-order valence-corrected chi connectivity index (χ2v) is 2.93. The summed E-state index contributed by atoms with van der Waals surface area (Å²) >= 11 is 0. The Hall–Kier alpha value is -3.44. The molecule has 0 atom stereocenters. The van der Waals surface area contributed by atoms with E-state index in [9.17, 15) is 14.4 Å². The van der Waals surface area contributed by atoms with Crippen LogP contribution in [-0.4, -0.2) is 50.1 Å². The number of carbonyl (C=O) groups is 3. The fourth-order valence-electron chi connectivity index (χ4n) is 0.549. The molecule has 0 aliphatic rings. The molecule has 0 fully saturated rings. The summed E-state index contributed by atoms with van der Waals surface area (Å²) in [5, 5.41) is 12.1. The summed E-state index contributed by atoms with van der Waals surface area (Å²) < 4.78 is 4.18. The second-order valence-electron chi connectivity index (χ2n) is 2.93. The van der Waals surface area contributed by atoms with E-state index >= 15 is 0 Å². The van der Waals surface area contributed by atoms with Crippen LogP contribution in [0.3, 0.4) is 0 Å². The number of aromatic nitrogens is 5. The first-order valence-electron chi connectivity index (χ1n) is 5.68. The second kappa shape index (κ2) is 15.6. The molecular weight excluding hydrogens is 296 g/mol. The maximum absolute atomic E-state index is 9.60. The standard InChI is InChI=1S/C4H5N.C3H7NO2.C2H4N2O2.CH2N4/c1-2-4-5-3-1;1-2-6-3(4)5;3-1(5)2(4)6;1-2-4-5-3-1/h1-5H;2H2,1H3,(H2,4,5);(H2,3,5)(H2,4,6);1H,(H,2,3,4,5). The number of carbonyl (C=O) groups excluding carboxylic acids is 3. The zero-order chi connectivity index (χ0) is 17.2. The van der Waals surface area contributed by atoms with Gasteiger partial charge < -0.3 is 26.9 Å². The molecule has 0 aliphatic heterocycles. The van der Waals surface area contributed by atoms with E-state index in [4.69, 9.17) is 0 Å². The Kier molecular flexibility index (Phi) is 14.8. The number of nitrogens with one attached hydrogen (secondary N) is 2. The first kappa shape index (κ1) is 20.9. The maximum Gasteiger partial charge on any atom is 0.404 e. The van der Waals surface area contributed by atoms with Crippen molar-refractivity contribution in [3.8, 4) is 0 Å². The molecule has 8 N–H and O–H groups in total. The van der Waals surface area contributed by atoms with Crippen molar-refractivity contribution >= 4 is 17.9 Å². The van der Waals surface area contributed by atoms with E-state index in [1.54, 1.807) is 6.92 Å². The third kappa shape index (κ3) is 21.8.